The zero-order valence-electron chi connectivity index (χ0n) is 13.2. The van der Waals surface area contributed by atoms with Crippen LogP contribution >= 0.6 is 0 Å². The van der Waals surface area contributed by atoms with Gasteiger partial charge in [0.05, 0.1) is 0 Å². The van der Waals surface area contributed by atoms with Crippen molar-refractivity contribution in [1.29, 1.82) is 0 Å². The monoisotopic (exact) mass is 274 g/mol. The Balaban J connectivity index is 4.98. The summed E-state index contributed by atoms with van der Waals surface area (Å²) in [6.07, 6.45) is 2.60. The summed E-state index contributed by atoms with van der Waals surface area (Å²) in [4.78, 5) is 0. The summed E-state index contributed by atoms with van der Waals surface area (Å²) in [5.74, 6) is 0. The fourth-order valence-corrected chi connectivity index (χ4v) is 13.8. The lowest BCUT2D eigenvalue weighted by Gasteiger charge is -2.43. The topological polar surface area (TPSA) is 9.23 Å². The number of rotatable bonds is 9. The van der Waals surface area contributed by atoms with Gasteiger partial charge in [0.15, 0.2) is 16.6 Å². The normalized spacial score (nSPS) is 16.2. The lowest BCUT2D eigenvalue weighted by atomic mass is 10.3. The molecule has 0 aliphatic rings. The molecule has 104 valence electrons. The second-order valence-corrected chi connectivity index (χ2v) is 15.0. The fraction of sp³-hybridized carbons (Fsp3) is 1.00. The standard InChI is InChI=1S/C14H34OSi2/c1-8-14(9-2)16(7,10-3)15-17(11-4,12-5)13-6/h14H,8-13H2,1-7H3. The molecule has 0 amide bonds. The molecule has 0 bridgehead atoms. The molecule has 0 radical (unpaired) electrons. The first-order valence-electron chi connectivity index (χ1n) is 7.67. The van der Waals surface area contributed by atoms with Gasteiger partial charge in [-0.1, -0.05) is 54.4 Å². The molecule has 17 heavy (non-hydrogen) atoms. The molecule has 0 fully saturated rings. The summed E-state index contributed by atoms with van der Waals surface area (Å²) in [6, 6.07) is 5.17. The molecule has 0 aliphatic heterocycles. The predicted molar refractivity (Wildman–Crippen MR) is 84.7 cm³/mol. The maximum absolute atomic E-state index is 6.94. The molecule has 3 heteroatoms. The van der Waals surface area contributed by atoms with Gasteiger partial charge in [0.1, 0.15) is 0 Å². The van der Waals surface area contributed by atoms with Crippen LogP contribution in [-0.4, -0.2) is 16.6 Å². The van der Waals surface area contributed by atoms with Crippen molar-refractivity contribution in [3.63, 3.8) is 0 Å². The first-order valence-corrected chi connectivity index (χ1v) is 12.9. The van der Waals surface area contributed by atoms with Gasteiger partial charge in [-0.15, -0.1) is 0 Å². The van der Waals surface area contributed by atoms with Gasteiger partial charge >= 0.3 is 0 Å². The van der Waals surface area contributed by atoms with E-state index >= 15 is 0 Å². The van der Waals surface area contributed by atoms with Crippen molar-refractivity contribution >= 4 is 16.6 Å². The zero-order chi connectivity index (χ0) is 13.5. The molecule has 0 saturated carbocycles. The molecule has 0 spiro atoms. The molecule has 1 nitrogen and oxygen atoms in total. The largest absolute Gasteiger partial charge is 0.455 e. The predicted octanol–water partition coefficient (Wildman–Crippen LogP) is 5.79. The molecule has 0 aromatic rings. The van der Waals surface area contributed by atoms with Crippen LogP contribution in [0.15, 0.2) is 0 Å². The van der Waals surface area contributed by atoms with Gasteiger partial charge in [-0.3, -0.25) is 0 Å². The third-order valence-corrected chi connectivity index (χ3v) is 16.3. The molecular formula is C14H34OSi2. The van der Waals surface area contributed by atoms with E-state index in [0.717, 1.165) is 5.54 Å². The molecule has 0 saturated heterocycles. The van der Waals surface area contributed by atoms with Crippen LogP contribution in [0.5, 0.6) is 0 Å². The minimum Gasteiger partial charge on any atom is -0.455 e. The SMILES string of the molecule is CCC(CC)[Si](C)(CC)O[Si](CC)(CC)CC. The number of hydrogen-bond donors (Lipinski definition) is 0. The van der Waals surface area contributed by atoms with Gasteiger partial charge in [0.25, 0.3) is 0 Å². The van der Waals surface area contributed by atoms with Gasteiger partial charge in [-0.05, 0) is 36.3 Å². The van der Waals surface area contributed by atoms with E-state index in [4.69, 9.17) is 4.12 Å². The van der Waals surface area contributed by atoms with Crippen LogP contribution < -0.4 is 0 Å². The van der Waals surface area contributed by atoms with Gasteiger partial charge in [0, 0.05) is 0 Å². The van der Waals surface area contributed by atoms with E-state index in [1.807, 2.05) is 0 Å². The smallest absolute Gasteiger partial charge is 0.179 e. The Morgan fingerprint density at radius 2 is 1.18 bits per heavy atom. The molecule has 0 aromatic carbocycles. The van der Waals surface area contributed by atoms with Gasteiger partial charge in [0.2, 0.25) is 0 Å². The van der Waals surface area contributed by atoms with E-state index in [1.165, 1.54) is 37.0 Å². The Labute approximate surface area is 112 Å². The lowest BCUT2D eigenvalue weighted by Crippen LogP contribution is -2.51. The van der Waals surface area contributed by atoms with Crippen molar-refractivity contribution in [3.8, 4) is 0 Å². The highest BCUT2D eigenvalue weighted by molar-refractivity contribution is 6.87. The molecule has 1 atom stereocenters. The average molecular weight is 275 g/mol. The Hall–Kier alpha value is 0.394. The van der Waals surface area contributed by atoms with Crippen LogP contribution in [0.1, 0.15) is 54.4 Å². The van der Waals surface area contributed by atoms with Crippen LogP contribution in [0, 0.1) is 0 Å². The summed E-state index contributed by atoms with van der Waals surface area (Å²) in [5, 5.41) is 0. The summed E-state index contributed by atoms with van der Waals surface area (Å²) in [6.45, 7) is 16.6. The second kappa shape index (κ2) is 7.75. The van der Waals surface area contributed by atoms with Crippen molar-refractivity contribution in [2.75, 3.05) is 0 Å². The molecule has 0 rings (SSSR count). The fourth-order valence-electron chi connectivity index (χ4n) is 3.06. The Kier molecular flexibility index (Phi) is 7.93. The Morgan fingerprint density at radius 1 is 0.765 bits per heavy atom. The maximum atomic E-state index is 6.94. The van der Waals surface area contributed by atoms with Crippen LogP contribution in [0.3, 0.4) is 0 Å². The molecule has 0 heterocycles. The van der Waals surface area contributed by atoms with Crippen LogP contribution in [0.4, 0.5) is 0 Å². The van der Waals surface area contributed by atoms with E-state index in [2.05, 4.69) is 48.1 Å². The first kappa shape index (κ1) is 17.4. The molecule has 0 aromatic heterocycles. The van der Waals surface area contributed by atoms with Gasteiger partial charge < -0.3 is 4.12 Å². The maximum Gasteiger partial charge on any atom is 0.179 e. The highest BCUT2D eigenvalue weighted by atomic mass is 28.4. The summed E-state index contributed by atoms with van der Waals surface area (Å²) >= 11 is 0. The van der Waals surface area contributed by atoms with Crippen molar-refractivity contribution in [3.05, 3.63) is 0 Å². The van der Waals surface area contributed by atoms with Crippen molar-refractivity contribution in [2.45, 2.75) is 90.6 Å². The summed E-state index contributed by atoms with van der Waals surface area (Å²) in [5.41, 5.74) is 0.851. The first-order chi connectivity index (χ1) is 7.97. The zero-order valence-corrected chi connectivity index (χ0v) is 15.2. The van der Waals surface area contributed by atoms with Crippen molar-refractivity contribution in [1.82, 2.24) is 0 Å². The molecular weight excluding hydrogens is 240 g/mol. The van der Waals surface area contributed by atoms with Crippen molar-refractivity contribution < 1.29 is 4.12 Å². The summed E-state index contributed by atoms with van der Waals surface area (Å²) < 4.78 is 6.94. The number of hydrogen-bond acceptors (Lipinski definition) is 1. The van der Waals surface area contributed by atoms with Crippen molar-refractivity contribution in [2.24, 2.45) is 0 Å². The van der Waals surface area contributed by atoms with E-state index in [-0.39, 0.29) is 0 Å². The van der Waals surface area contributed by atoms with Crippen LogP contribution in [0.2, 0.25) is 36.3 Å². The van der Waals surface area contributed by atoms with E-state index in [9.17, 15) is 0 Å². The Morgan fingerprint density at radius 3 is 1.41 bits per heavy atom. The van der Waals surface area contributed by atoms with E-state index < -0.39 is 16.6 Å². The van der Waals surface area contributed by atoms with Gasteiger partial charge in [-0.25, -0.2) is 0 Å². The average Bonchev–Trinajstić information content (AvgIpc) is 2.37. The molecule has 1 unspecified atom stereocenters. The quantitative estimate of drug-likeness (QED) is 0.483. The second-order valence-electron chi connectivity index (χ2n) is 5.53. The highest BCUT2D eigenvalue weighted by Crippen LogP contribution is 2.37. The molecule has 0 N–H and O–H groups in total. The lowest BCUT2D eigenvalue weighted by molar-refractivity contribution is 0.483. The highest BCUT2D eigenvalue weighted by Gasteiger charge is 2.42. The van der Waals surface area contributed by atoms with Crippen LogP contribution in [0.25, 0.3) is 0 Å². The third-order valence-electron chi connectivity index (χ3n) is 4.93. The minimum absolute atomic E-state index is 0.851. The van der Waals surface area contributed by atoms with E-state index in [0.29, 0.717) is 0 Å². The van der Waals surface area contributed by atoms with E-state index in [1.54, 1.807) is 0 Å². The molecule has 0 aliphatic carbocycles. The van der Waals surface area contributed by atoms with Gasteiger partial charge in [-0.2, -0.15) is 0 Å². The minimum atomic E-state index is -1.49. The Bertz CT molecular complexity index is 192. The van der Waals surface area contributed by atoms with Crippen LogP contribution in [-0.2, 0) is 4.12 Å². The summed E-state index contributed by atoms with van der Waals surface area (Å²) in [7, 11) is -2.90. The third kappa shape index (κ3) is 4.21.